The van der Waals surface area contributed by atoms with E-state index in [0.29, 0.717) is 0 Å². The molecule has 0 amide bonds. The van der Waals surface area contributed by atoms with Gasteiger partial charge in [-0.15, -0.1) is 0 Å². The van der Waals surface area contributed by atoms with E-state index in [-0.39, 0.29) is 6.61 Å². The summed E-state index contributed by atoms with van der Waals surface area (Å²) in [6.07, 6.45) is 3.69. The van der Waals surface area contributed by atoms with Gasteiger partial charge in [0, 0.05) is 23.7 Å². The molecule has 16 heavy (non-hydrogen) atoms. The number of nitrogens with zero attached hydrogens (tertiary/aromatic N) is 4. The summed E-state index contributed by atoms with van der Waals surface area (Å²) in [4.78, 5) is 0. The molecule has 0 aliphatic carbocycles. The molecule has 1 N–H and O–H groups in total. The number of aliphatic hydroxyl groups is 1. The van der Waals surface area contributed by atoms with E-state index in [1.807, 2.05) is 35.5 Å². The average molecular weight is 220 g/mol. The second-order valence-corrected chi connectivity index (χ2v) is 3.80. The Hall–Kier alpha value is -1.62. The highest BCUT2D eigenvalue weighted by Gasteiger charge is 2.09. The first-order chi connectivity index (χ1) is 7.72. The summed E-state index contributed by atoms with van der Waals surface area (Å²) < 4.78 is 3.79. The summed E-state index contributed by atoms with van der Waals surface area (Å²) in [7, 11) is 0. The molecular weight excluding hydrogens is 204 g/mol. The van der Waals surface area contributed by atoms with E-state index in [0.717, 1.165) is 30.0 Å². The number of hydrogen-bond donors (Lipinski definition) is 1. The summed E-state index contributed by atoms with van der Waals surface area (Å²) in [6.45, 7) is 5.52. The molecule has 86 valence electrons. The van der Waals surface area contributed by atoms with Gasteiger partial charge < -0.3 is 5.11 Å². The van der Waals surface area contributed by atoms with Crippen molar-refractivity contribution >= 4 is 0 Å². The van der Waals surface area contributed by atoms with E-state index in [2.05, 4.69) is 10.2 Å². The van der Waals surface area contributed by atoms with Gasteiger partial charge in [0.15, 0.2) is 0 Å². The first-order valence-corrected chi connectivity index (χ1v) is 5.33. The number of rotatable bonds is 4. The Morgan fingerprint density at radius 1 is 1.31 bits per heavy atom. The minimum Gasteiger partial charge on any atom is -0.392 e. The maximum absolute atomic E-state index is 9.19. The van der Waals surface area contributed by atoms with Crippen molar-refractivity contribution in [2.24, 2.45) is 0 Å². The van der Waals surface area contributed by atoms with Crippen LogP contribution < -0.4 is 0 Å². The molecule has 2 heterocycles. The predicted octanol–water partition coefficient (Wildman–Crippen LogP) is 0.889. The molecule has 5 nitrogen and oxygen atoms in total. The number of aryl methyl sites for hydroxylation is 3. The Balaban J connectivity index is 2.10. The largest absolute Gasteiger partial charge is 0.392 e. The van der Waals surface area contributed by atoms with Gasteiger partial charge >= 0.3 is 0 Å². The maximum atomic E-state index is 9.19. The SMILES string of the molecule is Cc1nn(CCn2cccn2)c(C)c1CO. The van der Waals surface area contributed by atoms with Crippen molar-refractivity contribution in [3.8, 4) is 0 Å². The minimum absolute atomic E-state index is 0.0550. The fraction of sp³-hybridized carbons (Fsp3) is 0.455. The summed E-state index contributed by atoms with van der Waals surface area (Å²) in [6, 6.07) is 1.90. The highest BCUT2D eigenvalue weighted by atomic mass is 16.3. The normalized spacial score (nSPS) is 10.9. The fourth-order valence-corrected chi connectivity index (χ4v) is 1.81. The van der Waals surface area contributed by atoms with E-state index >= 15 is 0 Å². The van der Waals surface area contributed by atoms with Crippen molar-refractivity contribution in [2.45, 2.75) is 33.5 Å². The zero-order chi connectivity index (χ0) is 11.5. The van der Waals surface area contributed by atoms with Gasteiger partial charge in [-0.05, 0) is 19.9 Å². The molecule has 2 aromatic heterocycles. The highest BCUT2D eigenvalue weighted by molar-refractivity contribution is 5.23. The molecule has 0 aliphatic rings. The van der Waals surface area contributed by atoms with Crippen LogP contribution in [0.5, 0.6) is 0 Å². The maximum Gasteiger partial charge on any atom is 0.0718 e. The third-order valence-electron chi connectivity index (χ3n) is 2.79. The lowest BCUT2D eigenvalue weighted by atomic mass is 10.2. The van der Waals surface area contributed by atoms with Crippen LogP contribution in [-0.2, 0) is 19.7 Å². The van der Waals surface area contributed by atoms with Crippen LogP contribution >= 0.6 is 0 Å². The smallest absolute Gasteiger partial charge is 0.0718 e. The number of aromatic nitrogens is 4. The Kier molecular flexibility index (Phi) is 3.05. The van der Waals surface area contributed by atoms with Crippen LogP contribution in [0.25, 0.3) is 0 Å². The molecule has 0 unspecified atom stereocenters. The van der Waals surface area contributed by atoms with Gasteiger partial charge in [-0.1, -0.05) is 0 Å². The molecule has 2 aromatic rings. The quantitative estimate of drug-likeness (QED) is 0.832. The lowest BCUT2D eigenvalue weighted by molar-refractivity contribution is 0.280. The standard InChI is InChI=1S/C11H16N4O/c1-9-11(8-16)10(2)15(13-9)7-6-14-5-3-4-12-14/h3-5,16H,6-8H2,1-2H3. The van der Waals surface area contributed by atoms with E-state index in [9.17, 15) is 5.11 Å². The average Bonchev–Trinajstić information content (AvgIpc) is 2.85. The Bertz CT molecular complexity index is 459. The van der Waals surface area contributed by atoms with Gasteiger partial charge in [0.1, 0.15) is 0 Å². The first kappa shape index (κ1) is 10.9. The topological polar surface area (TPSA) is 55.9 Å². The highest BCUT2D eigenvalue weighted by Crippen LogP contribution is 2.12. The molecule has 0 saturated heterocycles. The van der Waals surface area contributed by atoms with Gasteiger partial charge in [0.05, 0.1) is 25.4 Å². The minimum atomic E-state index is 0.0550. The molecule has 0 aromatic carbocycles. The predicted molar refractivity (Wildman–Crippen MR) is 59.9 cm³/mol. The first-order valence-electron chi connectivity index (χ1n) is 5.33. The molecule has 0 bridgehead atoms. The van der Waals surface area contributed by atoms with Gasteiger partial charge in [-0.3, -0.25) is 9.36 Å². The molecular formula is C11H16N4O. The summed E-state index contributed by atoms with van der Waals surface area (Å²) in [5.41, 5.74) is 2.87. The van der Waals surface area contributed by atoms with E-state index in [1.54, 1.807) is 6.20 Å². The molecule has 0 radical (unpaired) electrons. The van der Waals surface area contributed by atoms with Crippen molar-refractivity contribution < 1.29 is 5.11 Å². The molecule has 0 fully saturated rings. The van der Waals surface area contributed by atoms with E-state index in [4.69, 9.17) is 0 Å². The van der Waals surface area contributed by atoms with Gasteiger partial charge in [0.2, 0.25) is 0 Å². The van der Waals surface area contributed by atoms with E-state index < -0.39 is 0 Å². The van der Waals surface area contributed by atoms with Crippen molar-refractivity contribution in [1.29, 1.82) is 0 Å². The van der Waals surface area contributed by atoms with Crippen molar-refractivity contribution in [3.05, 3.63) is 35.4 Å². The van der Waals surface area contributed by atoms with Crippen LogP contribution in [0, 0.1) is 13.8 Å². The monoisotopic (exact) mass is 220 g/mol. The molecule has 0 aliphatic heterocycles. The van der Waals surface area contributed by atoms with E-state index in [1.165, 1.54) is 0 Å². The van der Waals surface area contributed by atoms with Crippen LogP contribution in [0.2, 0.25) is 0 Å². The number of aliphatic hydroxyl groups excluding tert-OH is 1. The molecule has 2 rings (SSSR count). The Labute approximate surface area is 94.3 Å². The zero-order valence-corrected chi connectivity index (χ0v) is 9.59. The molecule has 5 heteroatoms. The van der Waals surface area contributed by atoms with Gasteiger partial charge in [-0.2, -0.15) is 10.2 Å². The lowest BCUT2D eigenvalue weighted by Gasteiger charge is -2.05. The van der Waals surface area contributed by atoms with Crippen LogP contribution in [0.4, 0.5) is 0 Å². The summed E-state index contributed by atoms with van der Waals surface area (Å²) in [5.74, 6) is 0. The molecule has 0 atom stereocenters. The Morgan fingerprint density at radius 2 is 2.12 bits per heavy atom. The third-order valence-corrected chi connectivity index (χ3v) is 2.79. The van der Waals surface area contributed by atoms with Gasteiger partial charge in [-0.25, -0.2) is 0 Å². The second-order valence-electron chi connectivity index (χ2n) is 3.80. The summed E-state index contributed by atoms with van der Waals surface area (Å²) in [5, 5.41) is 17.7. The molecule has 0 spiro atoms. The second kappa shape index (κ2) is 4.49. The zero-order valence-electron chi connectivity index (χ0n) is 9.59. The van der Waals surface area contributed by atoms with Crippen LogP contribution in [0.3, 0.4) is 0 Å². The van der Waals surface area contributed by atoms with Crippen molar-refractivity contribution in [3.63, 3.8) is 0 Å². The molecule has 0 saturated carbocycles. The van der Waals surface area contributed by atoms with Crippen LogP contribution in [-0.4, -0.2) is 24.7 Å². The fourth-order valence-electron chi connectivity index (χ4n) is 1.81. The third kappa shape index (κ3) is 1.99. The van der Waals surface area contributed by atoms with Crippen LogP contribution in [0.1, 0.15) is 17.0 Å². The van der Waals surface area contributed by atoms with Crippen molar-refractivity contribution in [2.75, 3.05) is 0 Å². The lowest BCUT2D eigenvalue weighted by Crippen LogP contribution is -2.10. The van der Waals surface area contributed by atoms with Gasteiger partial charge in [0.25, 0.3) is 0 Å². The van der Waals surface area contributed by atoms with Crippen molar-refractivity contribution in [1.82, 2.24) is 19.6 Å². The summed E-state index contributed by atoms with van der Waals surface area (Å²) >= 11 is 0. The number of hydrogen-bond acceptors (Lipinski definition) is 3. The Morgan fingerprint density at radius 3 is 2.69 bits per heavy atom. The van der Waals surface area contributed by atoms with Crippen LogP contribution in [0.15, 0.2) is 18.5 Å².